The second kappa shape index (κ2) is 9.67. The number of halogens is 1. The molecule has 1 aromatic rings. The van der Waals surface area contributed by atoms with Gasteiger partial charge in [-0.3, -0.25) is 9.59 Å². The van der Waals surface area contributed by atoms with Crippen LogP contribution in [0.2, 0.25) is 0 Å². The van der Waals surface area contributed by atoms with Crippen molar-refractivity contribution in [3.8, 4) is 11.5 Å². The number of carbonyl (C=O) groups excluding carboxylic acids is 2. The average molecular weight is 385 g/mol. The van der Waals surface area contributed by atoms with E-state index in [0.717, 1.165) is 5.56 Å². The van der Waals surface area contributed by atoms with Crippen LogP contribution in [-0.2, 0) is 16.0 Å². The highest BCUT2D eigenvalue weighted by molar-refractivity contribution is 6.19. The van der Waals surface area contributed by atoms with E-state index in [2.05, 4.69) is 5.32 Å². The number of amides is 2. The van der Waals surface area contributed by atoms with E-state index in [9.17, 15) is 9.59 Å². The van der Waals surface area contributed by atoms with Crippen molar-refractivity contribution >= 4 is 23.4 Å². The molecule has 0 saturated heterocycles. The number of nitrogens with one attached hydrogen (secondary N) is 1. The molecule has 1 atom stereocenters. The van der Waals surface area contributed by atoms with Crippen LogP contribution in [0.1, 0.15) is 26.3 Å². The van der Waals surface area contributed by atoms with E-state index in [1.807, 2.05) is 18.2 Å². The summed E-state index contributed by atoms with van der Waals surface area (Å²) >= 11 is 5.80. The number of ether oxygens (including phenoxy) is 2. The summed E-state index contributed by atoms with van der Waals surface area (Å²) in [6, 6.07) is 5.06. The van der Waals surface area contributed by atoms with Crippen molar-refractivity contribution in [3.05, 3.63) is 23.8 Å². The first-order valence-corrected chi connectivity index (χ1v) is 9.02. The number of benzene rings is 1. The van der Waals surface area contributed by atoms with Gasteiger partial charge in [0, 0.05) is 19.5 Å². The SMILES string of the molecule is COc1ccc(CCN(C)C(=O)C(C)NC(=O)C(C)(C)CCl)cc1OC. The Morgan fingerprint density at radius 2 is 1.85 bits per heavy atom. The van der Waals surface area contributed by atoms with Gasteiger partial charge in [0.2, 0.25) is 11.8 Å². The van der Waals surface area contributed by atoms with Crippen LogP contribution in [0.3, 0.4) is 0 Å². The minimum absolute atomic E-state index is 0.149. The van der Waals surface area contributed by atoms with Crippen molar-refractivity contribution in [1.82, 2.24) is 10.2 Å². The number of nitrogens with zero attached hydrogens (tertiary/aromatic N) is 1. The van der Waals surface area contributed by atoms with E-state index in [1.54, 1.807) is 46.9 Å². The lowest BCUT2D eigenvalue weighted by atomic mass is 9.95. The van der Waals surface area contributed by atoms with Gasteiger partial charge in [-0.2, -0.15) is 0 Å². The van der Waals surface area contributed by atoms with Crippen LogP contribution in [0.15, 0.2) is 18.2 Å². The van der Waals surface area contributed by atoms with Gasteiger partial charge < -0.3 is 19.7 Å². The van der Waals surface area contributed by atoms with E-state index in [-0.39, 0.29) is 17.7 Å². The second-order valence-corrected chi connectivity index (χ2v) is 7.18. The summed E-state index contributed by atoms with van der Waals surface area (Å²) in [5.74, 6) is 1.13. The first kappa shape index (κ1) is 22.1. The third kappa shape index (κ3) is 5.80. The molecular weight excluding hydrogens is 356 g/mol. The first-order valence-electron chi connectivity index (χ1n) is 8.49. The van der Waals surface area contributed by atoms with Crippen LogP contribution in [0.5, 0.6) is 11.5 Å². The molecule has 6 nitrogen and oxygen atoms in total. The Bertz CT molecular complexity index is 634. The number of hydrogen-bond acceptors (Lipinski definition) is 4. The maximum Gasteiger partial charge on any atom is 0.244 e. The number of methoxy groups -OCH3 is 2. The van der Waals surface area contributed by atoms with Gasteiger partial charge in [0.25, 0.3) is 0 Å². The summed E-state index contributed by atoms with van der Waals surface area (Å²) in [5, 5.41) is 2.73. The largest absolute Gasteiger partial charge is 0.493 e. The molecular formula is C19H29ClN2O4. The van der Waals surface area contributed by atoms with Crippen LogP contribution in [0, 0.1) is 5.41 Å². The predicted molar refractivity (Wildman–Crippen MR) is 103 cm³/mol. The van der Waals surface area contributed by atoms with E-state index in [4.69, 9.17) is 21.1 Å². The molecule has 1 rings (SSSR count). The summed E-state index contributed by atoms with van der Waals surface area (Å²) in [6.45, 7) is 5.69. The fourth-order valence-electron chi connectivity index (χ4n) is 2.29. The summed E-state index contributed by atoms with van der Waals surface area (Å²) in [6.07, 6.45) is 0.663. The molecule has 0 aliphatic carbocycles. The molecule has 0 fully saturated rings. The lowest BCUT2D eigenvalue weighted by Crippen LogP contribution is -2.50. The number of alkyl halides is 1. The molecule has 0 aromatic heterocycles. The molecule has 0 radical (unpaired) electrons. The lowest BCUT2D eigenvalue weighted by Gasteiger charge is -2.26. The van der Waals surface area contributed by atoms with Crippen molar-refractivity contribution in [2.45, 2.75) is 33.2 Å². The lowest BCUT2D eigenvalue weighted by molar-refractivity contribution is -0.137. The van der Waals surface area contributed by atoms with Crippen molar-refractivity contribution in [3.63, 3.8) is 0 Å². The van der Waals surface area contributed by atoms with E-state index in [1.165, 1.54) is 0 Å². The van der Waals surface area contributed by atoms with Crippen LogP contribution >= 0.6 is 11.6 Å². The molecule has 0 aliphatic rings. The van der Waals surface area contributed by atoms with Crippen molar-refractivity contribution < 1.29 is 19.1 Å². The molecule has 0 bridgehead atoms. The Morgan fingerprint density at radius 1 is 1.23 bits per heavy atom. The number of likely N-dealkylation sites (N-methyl/N-ethyl adjacent to an activating group) is 1. The predicted octanol–water partition coefficient (Wildman–Crippen LogP) is 2.47. The van der Waals surface area contributed by atoms with Crippen LogP contribution < -0.4 is 14.8 Å². The summed E-state index contributed by atoms with van der Waals surface area (Å²) < 4.78 is 10.5. The molecule has 1 unspecified atom stereocenters. The standard InChI is InChI=1S/C19H29ClN2O4/c1-13(21-18(24)19(2,3)12-20)17(23)22(4)10-9-14-7-8-15(25-5)16(11-14)26-6/h7-8,11,13H,9-10,12H2,1-6H3,(H,21,24). The van der Waals surface area contributed by atoms with Crippen LogP contribution in [0.25, 0.3) is 0 Å². The highest BCUT2D eigenvalue weighted by Crippen LogP contribution is 2.27. The Morgan fingerprint density at radius 3 is 2.38 bits per heavy atom. The van der Waals surface area contributed by atoms with Crippen molar-refractivity contribution in [2.24, 2.45) is 5.41 Å². The molecule has 0 heterocycles. The van der Waals surface area contributed by atoms with E-state index in [0.29, 0.717) is 24.5 Å². The molecule has 26 heavy (non-hydrogen) atoms. The minimum atomic E-state index is -0.714. The van der Waals surface area contributed by atoms with E-state index >= 15 is 0 Å². The zero-order valence-corrected chi connectivity index (χ0v) is 17.1. The second-order valence-electron chi connectivity index (χ2n) is 6.91. The van der Waals surface area contributed by atoms with Crippen molar-refractivity contribution in [1.29, 1.82) is 0 Å². The third-order valence-corrected chi connectivity index (χ3v) is 4.90. The van der Waals surface area contributed by atoms with Gasteiger partial charge in [0.1, 0.15) is 6.04 Å². The number of hydrogen-bond donors (Lipinski definition) is 1. The molecule has 0 saturated carbocycles. The number of carbonyl (C=O) groups is 2. The topological polar surface area (TPSA) is 67.9 Å². The number of rotatable bonds is 9. The molecule has 0 spiro atoms. The fourth-order valence-corrected chi connectivity index (χ4v) is 2.41. The van der Waals surface area contributed by atoms with Gasteiger partial charge in [-0.15, -0.1) is 11.6 Å². The summed E-state index contributed by atoms with van der Waals surface area (Å²) in [7, 11) is 4.90. The zero-order valence-electron chi connectivity index (χ0n) is 16.4. The maximum atomic E-state index is 12.5. The average Bonchev–Trinajstić information content (AvgIpc) is 2.64. The summed E-state index contributed by atoms with van der Waals surface area (Å²) in [5.41, 5.74) is 0.316. The molecule has 0 aliphatic heterocycles. The Kier molecular flexibility index (Phi) is 8.21. The highest BCUT2D eigenvalue weighted by Gasteiger charge is 2.29. The van der Waals surface area contributed by atoms with Gasteiger partial charge in [-0.1, -0.05) is 6.07 Å². The maximum absolute atomic E-state index is 12.5. The molecule has 146 valence electrons. The Hall–Kier alpha value is -1.95. The highest BCUT2D eigenvalue weighted by atomic mass is 35.5. The van der Waals surface area contributed by atoms with Gasteiger partial charge in [0.05, 0.1) is 19.6 Å². The van der Waals surface area contributed by atoms with Gasteiger partial charge in [0.15, 0.2) is 11.5 Å². The molecule has 1 N–H and O–H groups in total. The monoisotopic (exact) mass is 384 g/mol. The Labute approximate surface area is 160 Å². The molecule has 1 aromatic carbocycles. The van der Waals surface area contributed by atoms with Crippen LogP contribution in [-0.4, -0.2) is 56.4 Å². The van der Waals surface area contributed by atoms with Crippen molar-refractivity contribution in [2.75, 3.05) is 33.7 Å². The fraction of sp³-hybridized carbons (Fsp3) is 0.579. The quantitative estimate of drug-likeness (QED) is 0.664. The smallest absolute Gasteiger partial charge is 0.244 e. The summed E-state index contributed by atoms with van der Waals surface area (Å²) in [4.78, 5) is 26.2. The van der Waals surface area contributed by atoms with Gasteiger partial charge >= 0.3 is 0 Å². The third-order valence-electron chi connectivity index (χ3n) is 4.23. The van der Waals surface area contributed by atoms with E-state index < -0.39 is 11.5 Å². The first-order chi connectivity index (χ1) is 12.2. The molecule has 7 heteroatoms. The zero-order chi connectivity index (χ0) is 19.9. The Balaban J connectivity index is 2.63. The van der Waals surface area contributed by atoms with Gasteiger partial charge in [-0.05, 0) is 44.9 Å². The van der Waals surface area contributed by atoms with Gasteiger partial charge in [-0.25, -0.2) is 0 Å². The van der Waals surface area contributed by atoms with Crippen LogP contribution in [0.4, 0.5) is 0 Å². The normalized spacial score (nSPS) is 12.3. The molecule has 2 amide bonds. The minimum Gasteiger partial charge on any atom is -0.493 e.